The maximum atomic E-state index is 8.77. The molecule has 0 amide bonds. The summed E-state index contributed by atoms with van der Waals surface area (Å²) in [6.07, 6.45) is 0. The molecule has 0 aliphatic carbocycles. The van der Waals surface area contributed by atoms with Gasteiger partial charge in [0.2, 0.25) is 3.79 Å². The van der Waals surface area contributed by atoms with Crippen molar-refractivity contribution in [1.29, 1.82) is 0 Å². The summed E-state index contributed by atoms with van der Waals surface area (Å²) >= 11 is 1.47. The molecule has 0 radical (unpaired) electrons. The first-order valence-corrected chi connectivity index (χ1v) is 3.25. The molecular weight excluding hydrogens is 221 g/mol. The molecule has 0 heterocycles. The highest BCUT2D eigenvalue weighted by molar-refractivity contribution is 14.1. The summed E-state index contributed by atoms with van der Waals surface area (Å²) in [5, 5.41) is 17.5. The van der Waals surface area contributed by atoms with Gasteiger partial charge in [-0.05, 0) is 36.4 Å². The molecule has 0 unspecified atom stereocenters. The fourth-order valence-electron chi connectivity index (χ4n) is 0. The van der Waals surface area contributed by atoms with Crippen LogP contribution in [-0.2, 0) is 0 Å². The van der Waals surface area contributed by atoms with Crippen LogP contribution >= 0.6 is 22.6 Å². The molecule has 0 bridgehead atoms. The molecular formula is C4H10INO2. The van der Waals surface area contributed by atoms with Gasteiger partial charge in [-0.25, -0.2) is 0 Å². The highest BCUT2D eigenvalue weighted by Gasteiger charge is 2.35. The van der Waals surface area contributed by atoms with E-state index in [9.17, 15) is 0 Å². The Bertz CT molecular complexity index is 69.0. The Balaban J connectivity index is 4.02. The third kappa shape index (κ3) is 2.25. The molecule has 4 N–H and O–H groups in total. The first-order chi connectivity index (χ1) is 3.25. The highest BCUT2D eigenvalue weighted by Crippen LogP contribution is 2.22. The summed E-state index contributed by atoms with van der Waals surface area (Å²) in [4.78, 5) is 0. The fourth-order valence-corrected chi connectivity index (χ4v) is 0. The van der Waals surface area contributed by atoms with Gasteiger partial charge < -0.3 is 15.9 Å². The predicted octanol–water partition coefficient (Wildman–Crippen LogP) is -0.203. The van der Waals surface area contributed by atoms with Crippen molar-refractivity contribution in [1.82, 2.24) is 0 Å². The van der Waals surface area contributed by atoms with Gasteiger partial charge in [0.25, 0.3) is 0 Å². The summed E-state index contributed by atoms with van der Waals surface area (Å²) in [6.45, 7) is 3.08. The van der Waals surface area contributed by atoms with Gasteiger partial charge in [0.05, 0.1) is 5.54 Å². The van der Waals surface area contributed by atoms with E-state index in [1.807, 2.05) is 0 Å². The van der Waals surface area contributed by atoms with E-state index in [4.69, 9.17) is 15.9 Å². The highest BCUT2D eigenvalue weighted by atomic mass is 127. The molecule has 0 saturated heterocycles. The molecule has 0 aliphatic rings. The second kappa shape index (κ2) is 2.09. The third-order valence-corrected chi connectivity index (χ3v) is 2.21. The molecule has 0 rings (SSSR count). The molecule has 8 heavy (non-hydrogen) atoms. The molecule has 0 aromatic rings. The van der Waals surface area contributed by atoms with Crippen molar-refractivity contribution in [3.63, 3.8) is 0 Å². The van der Waals surface area contributed by atoms with E-state index >= 15 is 0 Å². The van der Waals surface area contributed by atoms with Gasteiger partial charge in [-0.15, -0.1) is 0 Å². The molecule has 0 spiro atoms. The maximum Gasteiger partial charge on any atom is 0.234 e. The fraction of sp³-hybridized carbons (Fsp3) is 1.00. The van der Waals surface area contributed by atoms with Gasteiger partial charge in [-0.2, -0.15) is 0 Å². The minimum Gasteiger partial charge on any atom is -0.356 e. The van der Waals surface area contributed by atoms with Crippen molar-refractivity contribution in [3.8, 4) is 0 Å². The summed E-state index contributed by atoms with van der Waals surface area (Å²) in [5.74, 6) is 0. The zero-order valence-electron chi connectivity index (χ0n) is 4.85. The molecule has 0 saturated carbocycles. The van der Waals surface area contributed by atoms with Crippen molar-refractivity contribution >= 4 is 22.6 Å². The maximum absolute atomic E-state index is 8.77. The molecule has 0 aromatic carbocycles. The number of rotatable bonds is 1. The second-order valence-electron chi connectivity index (χ2n) is 2.31. The Morgan fingerprint density at radius 1 is 1.38 bits per heavy atom. The van der Waals surface area contributed by atoms with Crippen molar-refractivity contribution in [3.05, 3.63) is 0 Å². The van der Waals surface area contributed by atoms with Crippen molar-refractivity contribution in [2.75, 3.05) is 0 Å². The third-order valence-electron chi connectivity index (χ3n) is 0.820. The van der Waals surface area contributed by atoms with Crippen LogP contribution in [0.1, 0.15) is 13.8 Å². The Hall–Kier alpha value is 0.610. The summed E-state index contributed by atoms with van der Waals surface area (Å²) in [7, 11) is 0. The molecule has 0 fully saturated rings. The number of nitrogens with two attached hydrogens (primary N) is 1. The van der Waals surface area contributed by atoms with E-state index in [2.05, 4.69) is 0 Å². The van der Waals surface area contributed by atoms with E-state index in [1.54, 1.807) is 13.8 Å². The number of alkyl halides is 1. The average Bonchev–Trinajstić information content (AvgIpc) is 1.25. The van der Waals surface area contributed by atoms with Crippen LogP contribution in [0.3, 0.4) is 0 Å². The van der Waals surface area contributed by atoms with Gasteiger partial charge in [-0.1, -0.05) is 0 Å². The molecule has 0 aromatic heterocycles. The zero-order chi connectivity index (χ0) is 7.00. The van der Waals surface area contributed by atoms with Crippen molar-refractivity contribution < 1.29 is 10.2 Å². The lowest BCUT2D eigenvalue weighted by Gasteiger charge is -2.28. The summed E-state index contributed by atoms with van der Waals surface area (Å²) in [5.41, 5.74) is 4.34. The van der Waals surface area contributed by atoms with Crippen molar-refractivity contribution in [2.45, 2.75) is 23.2 Å². The molecule has 3 nitrogen and oxygen atoms in total. The topological polar surface area (TPSA) is 66.5 Å². The first-order valence-electron chi connectivity index (χ1n) is 2.17. The minimum atomic E-state index is -1.81. The van der Waals surface area contributed by atoms with Crippen LogP contribution in [0.15, 0.2) is 0 Å². The van der Waals surface area contributed by atoms with E-state index in [-0.39, 0.29) is 0 Å². The molecule has 0 atom stereocenters. The number of halogens is 1. The average molecular weight is 231 g/mol. The van der Waals surface area contributed by atoms with Crippen LogP contribution in [0.25, 0.3) is 0 Å². The van der Waals surface area contributed by atoms with Crippen LogP contribution in [0.5, 0.6) is 0 Å². The first kappa shape index (κ1) is 8.61. The molecule has 50 valence electrons. The monoisotopic (exact) mass is 231 g/mol. The Kier molecular flexibility index (Phi) is 2.25. The Morgan fingerprint density at radius 2 is 1.50 bits per heavy atom. The van der Waals surface area contributed by atoms with Crippen LogP contribution in [0, 0.1) is 0 Å². The smallest absolute Gasteiger partial charge is 0.234 e. The molecule has 0 aliphatic heterocycles. The van der Waals surface area contributed by atoms with Crippen molar-refractivity contribution in [2.24, 2.45) is 5.73 Å². The Morgan fingerprint density at radius 3 is 1.50 bits per heavy atom. The Labute approximate surface area is 62.0 Å². The largest absolute Gasteiger partial charge is 0.356 e. The van der Waals surface area contributed by atoms with Gasteiger partial charge in [0.1, 0.15) is 0 Å². The number of hydrogen-bond donors (Lipinski definition) is 3. The zero-order valence-corrected chi connectivity index (χ0v) is 7.01. The summed E-state index contributed by atoms with van der Waals surface area (Å²) < 4.78 is -1.81. The van der Waals surface area contributed by atoms with Gasteiger partial charge in [0.15, 0.2) is 0 Å². The summed E-state index contributed by atoms with van der Waals surface area (Å²) in [6, 6.07) is 0. The SMILES string of the molecule is CC(C)(N)C(O)(O)I. The lowest BCUT2D eigenvalue weighted by molar-refractivity contribution is -0.103. The van der Waals surface area contributed by atoms with E-state index in [0.717, 1.165) is 0 Å². The lowest BCUT2D eigenvalue weighted by atomic mass is 10.1. The van der Waals surface area contributed by atoms with Gasteiger partial charge >= 0.3 is 0 Å². The lowest BCUT2D eigenvalue weighted by Crippen LogP contribution is -2.52. The molecule has 4 heteroatoms. The van der Waals surface area contributed by atoms with E-state index in [0.29, 0.717) is 0 Å². The predicted molar refractivity (Wildman–Crippen MR) is 39.5 cm³/mol. The van der Waals surface area contributed by atoms with E-state index in [1.165, 1.54) is 22.6 Å². The normalized spacial score (nSPS) is 14.2. The second-order valence-corrected chi connectivity index (χ2v) is 3.81. The van der Waals surface area contributed by atoms with E-state index < -0.39 is 9.33 Å². The minimum absolute atomic E-state index is 0.965. The van der Waals surface area contributed by atoms with Crippen LogP contribution in [0.4, 0.5) is 0 Å². The van der Waals surface area contributed by atoms with Gasteiger partial charge in [0, 0.05) is 0 Å². The number of aliphatic hydroxyl groups is 2. The van der Waals surface area contributed by atoms with Crippen LogP contribution in [0.2, 0.25) is 0 Å². The van der Waals surface area contributed by atoms with Gasteiger partial charge in [-0.3, -0.25) is 0 Å². The van der Waals surface area contributed by atoms with Crippen LogP contribution < -0.4 is 5.73 Å². The standard InChI is InChI=1S/C4H10INO2/c1-3(2,6)4(5,7)8/h7-8H,6H2,1-2H3. The number of hydrogen-bond acceptors (Lipinski definition) is 3. The quantitative estimate of drug-likeness (QED) is 0.332. The van der Waals surface area contributed by atoms with Crippen LogP contribution in [-0.4, -0.2) is 19.5 Å².